The lowest BCUT2D eigenvalue weighted by atomic mass is 10.0. The molecule has 2 aromatic carbocycles. The zero-order chi connectivity index (χ0) is 25.7. The van der Waals surface area contributed by atoms with E-state index in [4.69, 9.17) is 0 Å². The van der Waals surface area contributed by atoms with Gasteiger partial charge in [-0.15, -0.1) is 0 Å². The van der Waals surface area contributed by atoms with Gasteiger partial charge in [0.15, 0.2) is 5.17 Å². The van der Waals surface area contributed by atoms with Gasteiger partial charge in [-0.1, -0.05) is 63.2 Å². The second-order valence-corrected chi connectivity index (χ2v) is 10.0. The molecule has 2 aliphatic heterocycles. The van der Waals surface area contributed by atoms with Crippen molar-refractivity contribution in [1.29, 1.82) is 0 Å². The molecule has 2 heterocycles. The van der Waals surface area contributed by atoms with Crippen LogP contribution in [0.15, 0.2) is 58.5 Å². The highest BCUT2D eigenvalue weighted by molar-refractivity contribution is 8.14. The number of unbranched alkanes of at least 4 members (excludes halogenated alkanes) is 1. The van der Waals surface area contributed by atoms with Crippen molar-refractivity contribution in [2.75, 3.05) is 17.6 Å². The molecule has 0 aromatic heterocycles. The van der Waals surface area contributed by atoms with Gasteiger partial charge >= 0.3 is 0 Å². The Morgan fingerprint density at radius 2 is 1.83 bits per heavy atom. The van der Waals surface area contributed by atoms with Crippen LogP contribution in [-0.2, 0) is 14.4 Å². The maximum absolute atomic E-state index is 13.3. The second-order valence-electron chi connectivity index (χ2n) is 9.07. The lowest BCUT2D eigenvalue weighted by Gasteiger charge is -2.25. The van der Waals surface area contributed by atoms with Gasteiger partial charge in [-0.05, 0) is 42.2 Å². The number of amidine groups is 2. The molecule has 0 unspecified atom stereocenters. The van der Waals surface area contributed by atoms with E-state index in [0.717, 1.165) is 24.1 Å². The first kappa shape index (κ1) is 25.6. The van der Waals surface area contributed by atoms with Gasteiger partial charge in [0, 0.05) is 17.8 Å². The number of carbonyl (C=O) groups is 3. The van der Waals surface area contributed by atoms with Crippen LogP contribution in [0.1, 0.15) is 57.1 Å². The smallest absolute Gasteiger partial charge is 0.259 e. The molecule has 188 valence electrons. The maximum atomic E-state index is 13.3. The first-order valence-corrected chi connectivity index (χ1v) is 13.2. The average Bonchev–Trinajstić information content (AvgIpc) is 3.19. The van der Waals surface area contributed by atoms with Crippen molar-refractivity contribution < 1.29 is 14.4 Å². The van der Waals surface area contributed by atoms with Crippen LogP contribution in [0.25, 0.3) is 0 Å². The molecular weight excluding hydrogens is 474 g/mol. The van der Waals surface area contributed by atoms with Crippen molar-refractivity contribution >= 4 is 51.9 Å². The molecule has 0 radical (unpaired) electrons. The van der Waals surface area contributed by atoms with Crippen molar-refractivity contribution in [1.82, 2.24) is 10.2 Å². The normalized spacial score (nSPS) is 16.3. The van der Waals surface area contributed by atoms with Crippen LogP contribution in [0.2, 0.25) is 0 Å². The summed E-state index contributed by atoms with van der Waals surface area (Å²) in [5.41, 5.74) is 3.33. The zero-order valence-electron chi connectivity index (χ0n) is 20.8. The number of anilines is 1. The van der Waals surface area contributed by atoms with Crippen LogP contribution < -0.4 is 10.6 Å². The lowest BCUT2D eigenvalue weighted by Crippen LogP contribution is -2.42. The van der Waals surface area contributed by atoms with Crippen LogP contribution in [0.5, 0.6) is 0 Å². The fraction of sp³-hybridized carbons (Fsp3) is 0.370. The van der Waals surface area contributed by atoms with Crippen LogP contribution in [0.3, 0.4) is 0 Å². The van der Waals surface area contributed by atoms with Crippen LogP contribution >= 0.6 is 11.8 Å². The van der Waals surface area contributed by atoms with Gasteiger partial charge < -0.3 is 10.6 Å². The first-order valence-electron chi connectivity index (χ1n) is 12.3. The van der Waals surface area contributed by atoms with Crippen LogP contribution in [-0.4, -0.2) is 52.0 Å². The molecule has 2 N–H and O–H groups in total. The predicted octanol–water partition coefficient (Wildman–Crippen LogP) is 4.45. The summed E-state index contributed by atoms with van der Waals surface area (Å²) in [4.78, 5) is 49.0. The zero-order valence-corrected chi connectivity index (χ0v) is 21.6. The number of benzene rings is 2. The Bertz CT molecular complexity index is 1210. The number of nitrogens with one attached hydrogen (secondary N) is 2. The quantitative estimate of drug-likeness (QED) is 0.492. The Morgan fingerprint density at radius 3 is 2.56 bits per heavy atom. The molecule has 9 heteroatoms. The molecule has 3 amide bonds. The van der Waals surface area contributed by atoms with E-state index in [1.165, 1.54) is 22.2 Å². The van der Waals surface area contributed by atoms with Gasteiger partial charge in [0.1, 0.15) is 11.9 Å². The Hall–Kier alpha value is -3.46. The molecule has 8 nitrogen and oxygen atoms in total. The molecule has 36 heavy (non-hydrogen) atoms. The summed E-state index contributed by atoms with van der Waals surface area (Å²) in [6.07, 6.45) is 1.84. The number of rotatable bonds is 9. The monoisotopic (exact) mass is 505 g/mol. The highest BCUT2D eigenvalue weighted by Crippen LogP contribution is 2.34. The Kier molecular flexibility index (Phi) is 8.20. The van der Waals surface area contributed by atoms with Crippen molar-refractivity contribution in [3.63, 3.8) is 0 Å². The predicted molar refractivity (Wildman–Crippen MR) is 145 cm³/mol. The third kappa shape index (κ3) is 5.84. The molecule has 1 atom stereocenters. The van der Waals surface area contributed by atoms with E-state index in [0.29, 0.717) is 29.2 Å². The first-order chi connectivity index (χ1) is 17.4. The number of thioether (sulfide) groups is 1. The van der Waals surface area contributed by atoms with Crippen LogP contribution in [0.4, 0.5) is 11.4 Å². The molecule has 0 fully saturated rings. The van der Waals surface area contributed by atoms with E-state index in [2.05, 4.69) is 41.4 Å². The summed E-state index contributed by atoms with van der Waals surface area (Å²) < 4.78 is 0. The third-order valence-electron chi connectivity index (χ3n) is 5.97. The highest BCUT2D eigenvalue weighted by Gasteiger charge is 2.42. The largest absolute Gasteiger partial charge is 0.356 e. The molecule has 2 aromatic rings. The van der Waals surface area contributed by atoms with E-state index in [1.807, 2.05) is 48.5 Å². The molecule has 0 bridgehead atoms. The lowest BCUT2D eigenvalue weighted by molar-refractivity contribution is -0.128. The molecule has 0 saturated carbocycles. The number of carbonyl (C=O) groups excluding carboxylic acids is 3. The standard InChI is InChI=1S/C27H31N5O3S/c1-4-5-14-28-23(33)15-22-26(35)32-25(30-22)20-8-6-7-9-21(20)31-27(32)36-16-24(34)29-19-12-10-18(11-13-19)17(2)3/h6-13,17,22H,4-5,14-16H2,1-3H3,(H,28,33)(H,29,34)/t22-/m0/s1. The summed E-state index contributed by atoms with van der Waals surface area (Å²) in [6, 6.07) is 14.4. The van der Waals surface area contributed by atoms with Gasteiger partial charge in [0.2, 0.25) is 11.8 Å². The Labute approximate surface area is 215 Å². The Morgan fingerprint density at radius 1 is 1.08 bits per heavy atom. The SMILES string of the molecule is CCCCNC(=O)C[C@@H]1N=C2c3ccccc3N=C(SCC(=O)Nc3ccc(C(C)C)cc3)N2C1=O. The van der Waals surface area contributed by atoms with Gasteiger partial charge in [-0.2, -0.15) is 0 Å². The highest BCUT2D eigenvalue weighted by atomic mass is 32.2. The minimum absolute atomic E-state index is 0.0183. The van der Waals surface area contributed by atoms with Crippen molar-refractivity contribution in [3.05, 3.63) is 59.7 Å². The average molecular weight is 506 g/mol. The summed E-state index contributed by atoms with van der Waals surface area (Å²) in [7, 11) is 0. The fourth-order valence-electron chi connectivity index (χ4n) is 3.96. The van der Waals surface area contributed by atoms with Crippen molar-refractivity contribution in [2.45, 2.75) is 52.0 Å². The third-order valence-corrected chi connectivity index (χ3v) is 6.91. The van der Waals surface area contributed by atoms with Crippen molar-refractivity contribution in [2.24, 2.45) is 9.98 Å². The number of fused-ring (bicyclic) bond motifs is 3. The Balaban J connectivity index is 1.45. The number of hydrogen-bond acceptors (Lipinski definition) is 6. The summed E-state index contributed by atoms with van der Waals surface area (Å²) in [5, 5.41) is 6.13. The van der Waals surface area contributed by atoms with Gasteiger partial charge in [-0.3, -0.25) is 19.4 Å². The minimum Gasteiger partial charge on any atom is -0.356 e. The fourth-order valence-corrected chi connectivity index (χ4v) is 4.76. The topological polar surface area (TPSA) is 103 Å². The molecule has 4 rings (SSSR count). The molecule has 0 spiro atoms. The number of hydrogen-bond donors (Lipinski definition) is 2. The second kappa shape index (κ2) is 11.5. The van der Waals surface area contributed by atoms with E-state index in [-0.39, 0.29) is 29.9 Å². The van der Waals surface area contributed by atoms with Gasteiger partial charge in [0.25, 0.3) is 5.91 Å². The molecular formula is C27H31N5O3S. The van der Waals surface area contributed by atoms with Crippen LogP contribution in [0, 0.1) is 0 Å². The number of nitrogens with zero attached hydrogens (tertiary/aromatic N) is 3. The van der Waals surface area contributed by atoms with E-state index < -0.39 is 6.04 Å². The summed E-state index contributed by atoms with van der Waals surface area (Å²) in [5.74, 6) is 0.263. The molecule has 0 aliphatic carbocycles. The minimum atomic E-state index is -0.813. The maximum Gasteiger partial charge on any atom is 0.259 e. The van der Waals surface area contributed by atoms with E-state index in [9.17, 15) is 14.4 Å². The number of para-hydroxylation sites is 1. The molecule has 2 aliphatic rings. The van der Waals surface area contributed by atoms with E-state index >= 15 is 0 Å². The van der Waals surface area contributed by atoms with Gasteiger partial charge in [-0.25, -0.2) is 9.89 Å². The van der Waals surface area contributed by atoms with Gasteiger partial charge in [0.05, 0.1) is 17.9 Å². The van der Waals surface area contributed by atoms with Crippen molar-refractivity contribution in [3.8, 4) is 0 Å². The summed E-state index contributed by atoms with van der Waals surface area (Å²) >= 11 is 1.18. The number of amides is 3. The number of aliphatic imine (C=N–C) groups is 2. The molecule has 0 saturated heterocycles. The van der Waals surface area contributed by atoms with E-state index in [1.54, 1.807) is 0 Å². The summed E-state index contributed by atoms with van der Waals surface area (Å²) in [6.45, 7) is 6.87.